The van der Waals surface area contributed by atoms with Gasteiger partial charge in [0, 0.05) is 25.2 Å². The Bertz CT molecular complexity index is 571. The summed E-state index contributed by atoms with van der Waals surface area (Å²) in [7, 11) is 0. The second-order valence-electron chi connectivity index (χ2n) is 8.55. The van der Waals surface area contributed by atoms with Crippen LogP contribution in [0.2, 0.25) is 0 Å². The van der Waals surface area contributed by atoms with Crippen LogP contribution in [0, 0.1) is 23.7 Å². The first-order valence-corrected chi connectivity index (χ1v) is 9.75. The van der Waals surface area contributed by atoms with Gasteiger partial charge in [-0.15, -0.1) is 0 Å². The number of carboxylic acids is 1. The van der Waals surface area contributed by atoms with Crippen LogP contribution in [0.5, 0.6) is 0 Å². The van der Waals surface area contributed by atoms with Gasteiger partial charge in [-0.1, -0.05) is 11.1 Å². The number of nitrogens with zero attached hydrogens (tertiary/aromatic N) is 1. The van der Waals surface area contributed by atoms with Gasteiger partial charge < -0.3 is 15.3 Å². The Morgan fingerprint density at radius 2 is 1.60 bits per heavy atom. The maximum Gasteiger partial charge on any atom is 0.307 e. The lowest BCUT2D eigenvalue weighted by Crippen LogP contribution is -2.50. The van der Waals surface area contributed by atoms with E-state index in [0.29, 0.717) is 6.04 Å². The van der Waals surface area contributed by atoms with Crippen LogP contribution in [0.25, 0.3) is 0 Å². The zero-order valence-corrected chi connectivity index (χ0v) is 15.9. The number of nitrogens with one attached hydrogen (secondary N) is 1. The fourth-order valence-corrected chi connectivity index (χ4v) is 5.46. The molecular formula is C20H32N2O3. The maximum absolute atomic E-state index is 13.0. The molecule has 1 aliphatic heterocycles. The highest BCUT2D eigenvalue weighted by atomic mass is 16.4. The lowest BCUT2D eigenvalue weighted by atomic mass is 9.78. The summed E-state index contributed by atoms with van der Waals surface area (Å²) in [5.41, 5.74) is 2.46. The van der Waals surface area contributed by atoms with Crippen molar-refractivity contribution in [3.63, 3.8) is 0 Å². The second-order valence-corrected chi connectivity index (χ2v) is 8.55. The molecule has 0 aromatic rings. The average Bonchev–Trinajstić information content (AvgIpc) is 3.11. The third-order valence-electron chi connectivity index (χ3n) is 6.61. The van der Waals surface area contributed by atoms with Crippen molar-refractivity contribution < 1.29 is 14.7 Å². The van der Waals surface area contributed by atoms with E-state index < -0.39 is 11.9 Å². The van der Waals surface area contributed by atoms with Crippen molar-refractivity contribution in [3.05, 3.63) is 11.1 Å². The van der Waals surface area contributed by atoms with Gasteiger partial charge in [0.15, 0.2) is 0 Å². The Balaban J connectivity index is 1.69. The number of hydrogen-bond donors (Lipinski definition) is 2. The van der Waals surface area contributed by atoms with Gasteiger partial charge in [-0.2, -0.15) is 0 Å². The van der Waals surface area contributed by atoms with E-state index in [-0.39, 0.29) is 29.7 Å². The molecule has 5 nitrogen and oxygen atoms in total. The average molecular weight is 348 g/mol. The Kier molecular flexibility index (Phi) is 5.24. The minimum absolute atomic E-state index is 0.0265. The monoisotopic (exact) mass is 348 g/mol. The van der Waals surface area contributed by atoms with E-state index in [2.05, 4.69) is 37.9 Å². The molecule has 0 aromatic carbocycles. The number of fused-ring (bicyclic) bond motifs is 2. The van der Waals surface area contributed by atoms with Crippen LogP contribution in [-0.2, 0) is 9.59 Å². The van der Waals surface area contributed by atoms with Crippen molar-refractivity contribution >= 4 is 11.9 Å². The Morgan fingerprint density at radius 3 is 2.08 bits per heavy atom. The molecule has 1 saturated heterocycles. The predicted molar refractivity (Wildman–Crippen MR) is 97.1 cm³/mol. The topological polar surface area (TPSA) is 69.6 Å². The van der Waals surface area contributed by atoms with Gasteiger partial charge in [0.1, 0.15) is 0 Å². The maximum atomic E-state index is 13.0. The SMILES string of the molecule is CC(C)=C1[C@H]2CC[C@H]1[C@@H](C(=O)NC1CCN(C(C)C)CC1)[C@@H]2C(=O)O. The molecule has 3 fully saturated rings. The van der Waals surface area contributed by atoms with E-state index in [1.165, 1.54) is 11.1 Å². The number of carbonyl (C=O) groups is 2. The van der Waals surface area contributed by atoms with Crippen LogP contribution in [0.1, 0.15) is 53.4 Å². The fraction of sp³-hybridized carbons (Fsp3) is 0.800. The number of hydrogen-bond acceptors (Lipinski definition) is 3. The Labute approximate surface area is 150 Å². The van der Waals surface area contributed by atoms with Crippen molar-refractivity contribution in [1.29, 1.82) is 0 Å². The van der Waals surface area contributed by atoms with Crippen molar-refractivity contribution in [2.75, 3.05) is 13.1 Å². The third kappa shape index (κ3) is 3.35. The molecule has 4 atom stereocenters. The van der Waals surface area contributed by atoms with Gasteiger partial charge in [-0.3, -0.25) is 9.59 Å². The summed E-state index contributed by atoms with van der Waals surface area (Å²) >= 11 is 0. The molecule has 2 aliphatic carbocycles. The number of piperidine rings is 1. The van der Waals surface area contributed by atoms with Gasteiger partial charge in [0.05, 0.1) is 11.8 Å². The van der Waals surface area contributed by atoms with Crippen molar-refractivity contribution in [2.45, 2.75) is 65.5 Å². The summed E-state index contributed by atoms with van der Waals surface area (Å²) in [6.45, 7) is 10.5. The fourth-order valence-electron chi connectivity index (χ4n) is 5.46. The summed E-state index contributed by atoms with van der Waals surface area (Å²) in [5, 5.41) is 12.9. The summed E-state index contributed by atoms with van der Waals surface area (Å²) in [6.07, 6.45) is 3.79. The molecule has 3 rings (SSSR count). The molecule has 0 radical (unpaired) electrons. The summed E-state index contributed by atoms with van der Waals surface area (Å²) in [4.78, 5) is 27.3. The zero-order valence-electron chi connectivity index (χ0n) is 15.9. The van der Waals surface area contributed by atoms with Crippen molar-refractivity contribution in [2.24, 2.45) is 23.7 Å². The number of carbonyl (C=O) groups excluding carboxylic acids is 1. The summed E-state index contributed by atoms with van der Waals surface area (Å²) in [6, 6.07) is 0.727. The molecule has 3 aliphatic rings. The highest BCUT2D eigenvalue weighted by Crippen LogP contribution is 2.57. The van der Waals surface area contributed by atoms with Gasteiger partial charge in [-0.25, -0.2) is 0 Å². The van der Waals surface area contributed by atoms with Gasteiger partial charge in [0.2, 0.25) is 5.91 Å². The van der Waals surface area contributed by atoms with Gasteiger partial charge in [0.25, 0.3) is 0 Å². The molecule has 2 N–H and O–H groups in total. The number of amides is 1. The molecule has 0 spiro atoms. The van der Waals surface area contributed by atoms with E-state index in [4.69, 9.17) is 0 Å². The number of carboxylic acid groups (broad SMARTS) is 1. The van der Waals surface area contributed by atoms with E-state index >= 15 is 0 Å². The van der Waals surface area contributed by atoms with Crippen LogP contribution in [0.4, 0.5) is 0 Å². The number of rotatable bonds is 4. The number of aliphatic carboxylic acids is 1. The van der Waals surface area contributed by atoms with Crippen molar-refractivity contribution in [3.8, 4) is 0 Å². The smallest absolute Gasteiger partial charge is 0.307 e. The molecule has 2 saturated carbocycles. The van der Waals surface area contributed by atoms with Crippen LogP contribution < -0.4 is 5.32 Å². The first kappa shape index (κ1) is 18.4. The van der Waals surface area contributed by atoms with E-state index in [1.807, 2.05) is 0 Å². The minimum atomic E-state index is -0.805. The van der Waals surface area contributed by atoms with E-state index in [1.54, 1.807) is 0 Å². The lowest BCUT2D eigenvalue weighted by molar-refractivity contribution is -0.149. The summed E-state index contributed by atoms with van der Waals surface area (Å²) in [5.74, 6) is -1.57. The molecule has 140 valence electrons. The highest BCUT2D eigenvalue weighted by molar-refractivity contribution is 5.87. The molecule has 0 unspecified atom stereocenters. The quantitative estimate of drug-likeness (QED) is 0.767. The molecule has 2 bridgehead atoms. The Hall–Kier alpha value is -1.36. The number of likely N-dealkylation sites (tertiary alicyclic amines) is 1. The Morgan fingerprint density at radius 1 is 1.04 bits per heavy atom. The largest absolute Gasteiger partial charge is 0.481 e. The van der Waals surface area contributed by atoms with Gasteiger partial charge >= 0.3 is 5.97 Å². The normalized spacial score (nSPS) is 33.1. The highest BCUT2D eigenvalue weighted by Gasteiger charge is 2.57. The molecule has 0 aromatic heterocycles. The third-order valence-corrected chi connectivity index (χ3v) is 6.61. The number of allylic oxidation sites excluding steroid dienone is 2. The molecule has 25 heavy (non-hydrogen) atoms. The van der Waals surface area contributed by atoms with Crippen LogP contribution in [-0.4, -0.2) is 47.1 Å². The van der Waals surface area contributed by atoms with Crippen molar-refractivity contribution in [1.82, 2.24) is 10.2 Å². The summed E-state index contributed by atoms with van der Waals surface area (Å²) < 4.78 is 0. The molecule has 5 heteroatoms. The first-order valence-electron chi connectivity index (χ1n) is 9.75. The van der Waals surface area contributed by atoms with Gasteiger partial charge in [-0.05, 0) is 65.2 Å². The van der Waals surface area contributed by atoms with Crippen LogP contribution in [0.15, 0.2) is 11.1 Å². The lowest BCUT2D eigenvalue weighted by Gasteiger charge is -2.36. The molecule has 1 amide bonds. The standard InChI is InChI=1S/C20H32N2O3/c1-11(2)16-14-5-6-15(16)18(20(24)25)17(14)19(23)21-13-7-9-22(10-8-13)12(3)4/h12-15,17-18H,5-10H2,1-4H3,(H,21,23)(H,24,25)/t14-,15-,17-,18-/m1/s1. The van der Waals surface area contributed by atoms with E-state index in [9.17, 15) is 14.7 Å². The first-order chi connectivity index (χ1) is 11.8. The van der Waals surface area contributed by atoms with E-state index in [0.717, 1.165) is 38.8 Å². The zero-order chi connectivity index (χ0) is 18.3. The van der Waals surface area contributed by atoms with Crippen LogP contribution in [0.3, 0.4) is 0 Å². The predicted octanol–water partition coefficient (Wildman–Crippen LogP) is 2.67. The molecular weight excluding hydrogens is 316 g/mol. The minimum Gasteiger partial charge on any atom is -0.481 e. The second kappa shape index (κ2) is 7.10. The molecule has 1 heterocycles. The van der Waals surface area contributed by atoms with Crippen LogP contribution >= 0.6 is 0 Å².